The number of esters is 1. The lowest BCUT2D eigenvalue weighted by molar-refractivity contribution is -0.151. The Balaban J connectivity index is 1.69. The maximum absolute atomic E-state index is 13.6. The van der Waals surface area contributed by atoms with Crippen LogP contribution in [0.25, 0.3) is 5.65 Å². The molecule has 1 aromatic carbocycles. The predicted octanol–water partition coefficient (Wildman–Crippen LogP) is 3.98. The van der Waals surface area contributed by atoms with Gasteiger partial charge in [-0.1, -0.05) is 6.07 Å². The third-order valence-corrected chi connectivity index (χ3v) is 6.67. The van der Waals surface area contributed by atoms with Crippen molar-refractivity contribution in [2.45, 2.75) is 39.0 Å². The number of imidazole rings is 1. The molecule has 1 aliphatic heterocycles. The van der Waals surface area contributed by atoms with Gasteiger partial charge in [-0.3, -0.25) is 9.59 Å². The number of pyridine rings is 1. The van der Waals surface area contributed by atoms with Gasteiger partial charge in [0.1, 0.15) is 17.1 Å². The zero-order chi connectivity index (χ0) is 24.9. The van der Waals surface area contributed by atoms with Crippen LogP contribution in [-0.4, -0.2) is 60.1 Å². The van der Waals surface area contributed by atoms with Crippen LogP contribution in [0.4, 0.5) is 0 Å². The first kappa shape index (κ1) is 24.6. The molecule has 0 spiro atoms. The number of likely N-dealkylation sites (tertiary alicyclic amines) is 1. The third-order valence-electron chi connectivity index (χ3n) is 6.67. The van der Waals surface area contributed by atoms with Crippen molar-refractivity contribution in [3.8, 4) is 11.5 Å². The second-order valence-corrected chi connectivity index (χ2v) is 8.90. The van der Waals surface area contributed by atoms with E-state index in [0.717, 1.165) is 35.3 Å². The Morgan fingerprint density at radius 1 is 1.17 bits per heavy atom. The van der Waals surface area contributed by atoms with Gasteiger partial charge in [0.2, 0.25) is 5.91 Å². The van der Waals surface area contributed by atoms with E-state index in [1.165, 1.54) is 0 Å². The van der Waals surface area contributed by atoms with Gasteiger partial charge < -0.3 is 23.5 Å². The summed E-state index contributed by atoms with van der Waals surface area (Å²) in [6, 6.07) is 9.69. The Hall–Kier alpha value is -3.55. The highest BCUT2D eigenvalue weighted by Gasteiger charge is 2.32. The van der Waals surface area contributed by atoms with E-state index < -0.39 is 0 Å². The number of rotatable bonds is 8. The van der Waals surface area contributed by atoms with Gasteiger partial charge >= 0.3 is 5.97 Å². The first-order chi connectivity index (χ1) is 16.9. The molecule has 0 N–H and O–H groups in total. The molecule has 186 valence electrons. The minimum atomic E-state index is -0.286. The molecule has 8 nitrogen and oxygen atoms in total. The summed E-state index contributed by atoms with van der Waals surface area (Å²) in [4.78, 5) is 32.3. The van der Waals surface area contributed by atoms with Crippen molar-refractivity contribution in [1.82, 2.24) is 14.3 Å². The molecule has 8 heteroatoms. The number of piperidine rings is 1. The monoisotopic (exact) mass is 479 g/mol. The van der Waals surface area contributed by atoms with E-state index in [0.29, 0.717) is 31.2 Å². The maximum Gasteiger partial charge on any atom is 0.310 e. The lowest BCUT2D eigenvalue weighted by Gasteiger charge is -2.32. The Bertz CT molecular complexity index is 1180. The molecule has 35 heavy (non-hydrogen) atoms. The topological polar surface area (TPSA) is 82.4 Å². The summed E-state index contributed by atoms with van der Waals surface area (Å²) in [6.07, 6.45) is 5.56. The zero-order valence-corrected chi connectivity index (χ0v) is 20.8. The number of ether oxygens (including phenoxy) is 3. The van der Waals surface area contributed by atoms with Gasteiger partial charge in [0.25, 0.3) is 0 Å². The molecule has 1 saturated heterocycles. The maximum atomic E-state index is 13.6. The molecule has 0 saturated carbocycles. The Morgan fingerprint density at radius 3 is 2.60 bits per heavy atom. The summed E-state index contributed by atoms with van der Waals surface area (Å²) in [6.45, 7) is 5.18. The van der Waals surface area contributed by atoms with Crippen molar-refractivity contribution in [2.24, 2.45) is 5.92 Å². The largest absolute Gasteiger partial charge is 0.497 e. The fraction of sp³-hybridized carbons (Fsp3) is 0.444. The van der Waals surface area contributed by atoms with Crippen molar-refractivity contribution in [1.29, 1.82) is 0 Å². The van der Waals surface area contributed by atoms with Gasteiger partial charge in [-0.25, -0.2) is 4.98 Å². The summed E-state index contributed by atoms with van der Waals surface area (Å²) in [7, 11) is 3.22. The SMILES string of the molecule is CCOC(=O)C1CCCN(C(=O)CC(c2cc(OC)cc(OC)c2)c2cnc3c(C)cccn23)C1. The number of fused-ring (bicyclic) bond motifs is 1. The van der Waals surface area contributed by atoms with Crippen LogP contribution >= 0.6 is 0 Å². The van der Waals surface area contributed by atoms with Crippen LogP contribution in [0.1, 0.15) is 48.9 Å². The highest BCUT2D eigenvalue weighted by molar-refractivity contribution is 5.80. The number of benzene rings is 1. The molecule has 0 bridgehead atoms. The summed E-state index contributed by atoms with van der Waals surface area (Å²) < 4.78 is 18.3. The van der Waals surface area contributed by atoms with Crippen LogP contribution in [-0.2, 0) is 14.3 Å². The average Bonchev–Trinajstić information content (AvgIpc) is 3.32. The second kappa shape index (κ2) is 10.8. The van der Waals surface area contributed by atoms with E-state index >= 15 is 0 Å². The van der Waals surface area contributed by atoms with Crippen LogP contribution < -0.4 is 9.47 Å². The summed E-state index contributed by atoms with van der Waals surface area (Å²) >= 11 is 0. The van der Waals surface area contributed by atoms with Gasteiger partial charge in [-0.2, -0.15) is 0 Å². The van der Waals surface area contributed by atoms with Crippen molar-refractivity contribution in [3.05, 3.63) is 59.5 Å². The average molecular weight is 480 g/mol. The van der Waals surface area contributed by atoms with Gasteiger partial charge in [0.05, 0.1) is 32.4 Å². The molecule has 2 aromatic heterocycles. The van der Waals surface area contributed by atoms with Gasteiger partial charge in [0, 0.05) is 43.9 Å². The fourth-order valence-corrected chi connectivity index (χ4v) is 4.81. The molecule has 1 aliphatic rings. The van der Waals surface area contributed by atoms with E-state index in [-0.39, 0.29) is 30.1 Å². The number of methoxy groups -OCH3 is 2. The fourth-order valence-electron chi connectivity index (χ4n) is 4.81. The second-order valence-electron chi connectivity index (χ2n) is 8.90. The highest BCUT2D eigenvalue weighted by atomic mass is 16.5. The quantitative estimate of drug-likeness (QED) is 0.455. The van der Waals surface area contributed by atoms with E-state index in [4.69, 9.17) is 14.2 Å². The Kier molecular flexibility index (Phi) is 7.58. The van der Waals surface area contributed by atoms with E-state index in [1.807, 2.05) is 54.0 Å². The van der Waals surface area contributed by atoms with Crippen molar-refractivity contribution in [3.63, 3.8) is 0 Å². The number of aryl methyl sites for hydroxylation is 1. The highest BCUT2D eigenvalue weighted by Crippen LogP contribution is 2.35. The Morgan fingerprint density at radius 2 is 1.91 bits per heavy atom. The number of carbonyl (C=O) groups is 2. The first-order valence-corrected chi connectivity index (χ1v) is 12.0. The molecule has 2 unspecified atom stereocenters. The lowest BCUT2D eigenvalue weighted by atomic mass is 9.90. The van der Waals surface area contributed by atoms with Crippen LogP contribution in [0.5, 0.6) is 11.5 Å². The number of hydrogen-bond acceptors (Lipinski definition) is 6. The Labute approximate surface area is 205 Å². The van der Waals surface area contributed by atoms with Crippen LogP contribution in [0.2, 0.25) is 0 Å². The van der Waals surface area contributed by atoms with Crippen molar-refractivity contribution >= 4 is 17.5 Å². The third kappa shape index (κ3) is 5.26. The zero-order valence-electron chi connectivity index (χ0n) is 20.8. The molecule has 4 rings (SSSR count). The standard InChI is InChI=1S/C27H33N3O5/c1-5-35-27(32)19-9-7-10-29(17-19)25(31)15-23(20-12-21(33-3)14-22(13-20)34-4)24-16-28-26-18(2)8-6-11-30(24)26/h6,8,11-14,16,19,23H,5,7,9-10,15,17H2,1-4H3. The molecule has 1 fully saturated rings. The molecular formula is C27H33N3O5. The number of hydrogen-bond donors (Lipinski definition) is 0. The van der Waals surface area contributed by atoms with Crippen molar-refractivity contribution in [2.75, 3.05) is 33.9 Å². The normalized spacial score (nSPS) is 16.7. The number of carbonyl (C=O) groups excluding carboxylic acids is 2. The number of nitrogens with zero attached hydrogens (tertiary/aromatic N) is 3. The molecule has 1 amide bonds. The van der Waals surface area contributed by atoms with Gasteiger partial charge in [0.15, 0.2) is 0 Å². The molecular weight excluding hydrogens is 446 g/mol. The molecule has 2 atom stereocenters. The summed E-state index contributed by atoms with van der Waals surface area (Å²) in [5.74, 6) is 0.516. The molecule has 0 aliphatic carbocycles. The minimum Gasteiger partial charge on any atom is -0.497 e. The smallest absolute Gasteiger partial charge is 0.310 e. The predicted molar refractivity (Wildman–Crippen MR) is 132 cm³/mol. The van der Waals surface area contributed by atoms with Crippen LogP contribution in [0.3, 0.4) is 0 Å². The van der Waals surface area contributed by atoms with E-state index in [1.54, 1.807) is 26.0 Å². The number of amides is 1. The van der Waals surface area contributed by atoms with Crippen molar-refractivity contribution < 1.29 is 23.8 Å². The minimum absolute atomic E-state index is 0.00612. The summed E-state index contributed by atoms with van der Waals surface area (Å²) in [5, 5.41) is 0. The molecule has 3 aromatic rings. The molecule has 3 heterocycles. The van der Waals surface area contributed by atoms with Gasteiger partial charge in [-0.05, 0) is 56.0 Å². The first-order valence-electron chi connectivity index (χ1n) is 12.0. The molecule has 0 radical (unpaired) electrons. The van der Waals surface area contributed by atoms with Crippen LogP contribution in [0.15, 0.2) is 42.7 Å². The lowest BCUT2D eigenvalue weighted by Crippen LogP contribution is -2.43. The van der Waals surface area contributed by atoms with E-state index in [2.05, 4.69) is 4.98 Å². The number of aromatic nitrogens is 2. The summed E-state index contributed by atoms with van der Waals surface area (Å²) in [5.41, 5.74) is 3.72. The van der Waals surface area contributed by atoms with Crippen LogP contribution in [0, 0.1) is 12.8 Å². The van der Waals surface area contributed by atoms with Gasteiger partial charge in [-0.15, -0.1) is 0 Å². The van der Waals surface area contributed by atoms with E-state index in [9.17, 15) is 9.59 Å².